The number of nitrogen functional groups attached to an aromatic ring is 1. The van der Waals surface area contributed by atoms with Crippen molar-refractivity contribution in [1.82, 2.24) is 5.32 Å². The van der Waals surface area contributed by atoms with Crippen LogP contribution in [0.1, 0.15) is 10.4 Å². The number of anilines is 1. The number of methoxy groups -OCH3 is 1. The standard InChI is InChI=1S/C13H14N2O3/c1-17-12-10(3-2-4-11(12)14)13(16)15-9-5-7-18-8-6-9/h2-7H,8,14H2,1H3,(H,15,16). The van der Waals surface area contributed by atoms with E-state index in [1.54, 1.807) is 30.4 Å². The molecule has 1 aliphatic rings. The zero-order chi connectivity index (χ0) is 13.0. The Balaban J connectivity index is 2.21. The first-order valence-electron chi connectivity index (χ1n) is 5.44. The van der Waals surface area contributed by atoms with Gasteiger partial charge in [0.2, 0.25) is 0 Å². The SMILES string of the molecule is COc1c(N)cccc1C(=O)NC1=CCOC=C1. The molecule has 0 atom stereocenters. The summed E-state index contributed by atoms with van der Waals surface area (Å²) in [6.45, 7) is 0.445. The number of carbonyl (C=O) groups excluding carboxylic acids is 1. The van der Waals surface area contributed by atoms with Gasteiger partial charge in [0.15, 0.2) is 5.75 Å². The van der Waals surface area contributed by atoms with Gasteiger partial charge in [-0.05, 0) is 24.3 Å². The van der Waals surface area contributed by atoms with Gasteiger partial charge in [-0.25, -0.2) is 0 Å². The number of carbonyl (C=O) groups is 1. The van der Waals surface area contributed by atoms with Crippen molar-refractivity contribution in [2.75, 3.05) is 19.5 Å². The third kappa shape index (κ3) is 2.45. The van der Waals surface area contributed by atoms with Crippen LogP contribution in [-0.2, 0) is 4.74 Å². The Hall–Kier alpha value is -2.43. The fourth-order valence-electron chi connectivity index (χ4n) is 1.64. The van der Waals surface area contributed by atoms with E-state index in [4.69, 9.17) is 15.2 Å². The maximum absolute atomic E-state index is 12.1. The normalized spacial score (nSPS) is 13.5. The zero-order valence-electron chi connectivity index (χ0n) is 9.97. The van der Waals surface area contributed by atoms with Crippen molar-refractivity contribution in [2.24, 2.45) is 0 Å². The third-order valence-corrected chi connectivity index (χ3v) is 2.50. The average molecular weight is 246 g/mol. The van der Waals surface area contributed by atoms with Gasteiger partial charge in [-0.2, -0.15) is 0 Å². The Morgan fingerprint density at radius 3 is 3.00 bits per heavy atom. The van der Waals surface area contributed by atoms with Crippen LogP contribution in [0.2, 0.25) is 0 Å². The zero-order valence-corrected chi connectivity index (χ0v) is 9.97. The van der Waals surface area contributed by atoms with E-state index in [2.05, 4.69) is 5.32 Å². The fourth-order valence-corrected chi connectivity index (χ4v) is 1.64. The van der Waals surface area contributed by atoms with Gasteiger partial charge >= 0.3 is 0 Å². The fraction of sp³-hybridized carbons (Fsp3) is 0.154. The maximum Gasteiger partial charge on any atom is 0.259 e. The molecule has 0 aliphatic carbocycles. The van der Waals surface area contributed by atoms with E-state index < -0.39 is 0 Å². The molecule has 2 rings (SSSR count). The smallest absolute Gasteiger partial charge is 0.259 e. The van der Waals surface area contributed by atoms with Crippen LogP contribution >= 0.6 is 0 Å². The van der Waals surface area contributed by atoms with Gasteiger partial charge in [-0.3, -0.25) is 4.79 Å². The molecule has 5 nitrogen and oxygen atoms in total. The van der Waals surface area contributed by atoms with E-state index in [1.807, 2.05) is 0 Å². The van der Waals surface area contributed by atoms with Crippen molar-refractivity contribution in [3.63, 3.8) is 0 Å². The van der Waals surface area contributed by atoms with Gasteiger partial charge < -0.3 is 20.5 Å². The highest BCUT2D eigenvalue weighted by Gasteiger charge is 2.15. The molecule has 0 unspecified atom stereocenters. The predicted octanol–water partition coefficient (Wildman–Crippen LogP) is 1.44. The summed E-state index contributed by atoms with van der Waals surface area (Å²) >= 11 is 0. The number of hydrogen-bond donors (Lipinski definition) is 2. The molecule has 0 fully saturated rings. The molecule has 1 heterocycles. The molecule has 94 valence electrons. The van der Waals surface area contributed by atoms with E-state index in [1.165, 1.54) is 13.4 Å². The van der Waals surface area contributed by atoms with Crippen molar-refractivity contribution in [3.8, 4) is 5.75 Å². The molecule has 3 N–H and O–H groups in total. The topological polar surface area (TPSA) is 73.6 Å². The van der Waals surface area contributed by atoms with Gasteiger partial charge in [0.25, 0.3) is 5.91 Å². The molecule has 5 heteroatoms. The van der Waals surface area contributed by atoms with Crippen molar-refractivity contribution >= 4 is 11.6 Å². The molecular weight excluding hydrogens is 232 g/mol. The molecule has 0 saturated carbocycles. The third-order valence-electron chi connectivity index (χ3n) is 2.50. The summed E-state index contributed by atoms with van der Waals surface area (Å²) in [7, 11) is 1.48. The molecule has 1 aromatic rings. The molecular formula is C13H14N2O3. The first-order valence-corrected chi connectivity index (χ1v) is 5.44. The number of allylic oxidation sites excluding steroid dienone is 1. The molecule has 0 radical (unpaired) electrons. The monoisotopic (exact) mass is 246 g/mol. The van der Waals surface area contributed by atoms with E-state index in [-0.39, 0.29) is 5.91 Å². The van der Waals surface area contributed by atoms with E-state index in [0.717, 1.165) is 0 Å². The van der Waals surface area contributed by atoms with E-state index in [0.29, 0.717) is 29.3 Å². The Morgan fingerprint density at radius 1 is 1.50 bits per heavy atom. The van der Waals surface area contributed by atoms with Crippen molar-refractivity contribution in [2.45, 2.75) is 0 Å². The van der Waals surface area contributed by atoms with Crippen LogP contribution in [0.4, 0.5) is 5.69 Å². The lowest BCUT2D eigenvalue weighted by Gasteiger charge is -2.13. The molecule has 1 aliphatic heterocycles. The van der Waals surface area contributed by atoms with Gasteiger partial charge in [-0.15, -0.1) is 0 Å². The quantitative estimate of drug-likeness (QED) is 0.791. The lowest BCUT2D eigenvalue weighted by atomic mass is 10.1. The van der Waals surface area contributed by atoms with E-state index >= 15 is 0 Å². The highest BCUT2D eigenvalue weighted by atomic mass is 16.5. The number of hydrogen-bond acceptors (Lipinski definition) is 4. The van der Waals surface area contributed by atoms with Crippen LogP contribution in [0.15, 0.2) is 42.3 Å². The summed E-state index contributed by atoms with van der Waals surface area (Å²) in [4.78, 5) is 12.1. The highest BCUT2D eigenvalue weighted by molar-refractivity contribution is 5.99. The summed E-state index contributed by atoms with van der Waals surface area (Å²) in [5, 5.41) is 2.76. The van der Waals surface area contributed by atoms with Crippen LogP contribution in [0.3, 0.4) is 0 Å². The summed E-state index contributed by atoms with van der Waals surface area (Å²) in [5.74, 6) is 0.114. The summed E-state index contributed by atoms with van der Waals surface area (Å²) in [6.07, 6.45) is 4.99. The van der Waals surface area contributed by atoms with Crippen molar-refractivity contribution < 1.29 is 14.3 Å². The second-order valence-electron chi connectivity index (χ2n) is 3.68. The minimum absolute atomic E-state index is 0.267. The highest BCUT2D eigenvalue weighted by Crippen LogP contribution is 2.25. The van der Waals surface area contributed by atoms with Crippen LogP contribution in [0, 0.1) is 0 Å². The molecule has 1 aromatic carbocycles. The molecule has 0 spiro atoms. The summed E-state index contributed by atoms with van der Waals surface area (Å²) in [5.41, 5.74) is 7.27. The number of ether oxygens (including phenoxy) is 2. The van der Waals surface area contributed by atoms with Crippen molar-refractivity contribution in [1.29, 1.82) is 0 Å². The number of nitrogens with two attached hydrogens (primary N) is 1. The van der Waals surface area contributed by atoms with Gasteiger partial charge in [-0.1, -0.05) is 6.07 Å². The summed E-state index contributed by atoms with van der Waals surface area (Å²) < 4.78 is 10.1. The lowest BCUT2D eigenvalue weighted by Crippen LogP contribution is -2.23. The van der Waals surface area contributed by atoms with Gasteiger partial charge in [0.1, 0.15) is 6.61 Å². The second kappa shape index (κ2) is 5.27. The Kier molecular flexibility index (Phi) is 3.52. The minimum atomic E-state index is -0.267. The first kappa shape index (κ1) is 12.0. The lowest BCUT2D eigenvalue weighted by molar-refractivity contribution is 0.0963. The molecule has 18 heavy (non-hydrogen) atoms. The maximum atomic E-state index is 12.1. The van der Waals surface area contributed by atoms with Gasteiger partial charge in [0, 0.05) is 5.70 Å². The number of nitrogens with one attached hydrogen (secondary N) is 1. The van der Waals surface area contributed by atoms with Crippen LogP contribution < -0.4 is 15.8 Å². The minimum Gasteiger partial charge on any atom is -0.497 e. The molecule has 1 amide bonds. The van der Waals surface area contributed by atoms with Gasteiger partial charge in [0.05, 0.1) is 24.6 Å². The number of para-hydroxylation sites is 1. The first-order chi connectivity index (χ1) is 8.72. The van der Waals surface area contributed by atoms with Crippen LogP contribution in [0.25, 0.3) is 0 Å². The van der Waals surface area contributed by atoms with E-state index in [9.17, 15) is 4.79 Å². The second-order valence-corrected chi connectivity index (χ2v) is 3.68. The predicted molar refractivity (Wildman–Crippen MR) is 68.0 cm³/mol. The largest absolute Gasteiger partial charge is 0.497 e. The Labute approximate surface area is 105 Å². The average Bonchev–Trinajstić information content (AvgIpc) is 2.39. The number of amides is 1. The number of benzene rings is 1. The Morgan fingerprint density at radius 2 is 2.33 bits per heavy atom. The summed E-state index contributed by atoms with van der Waals surface area (Å²) in [6, 6.07) is 5.05. The van der Waals surface area contributed by atoms with Crippen molar-refractivity contribution in [3.05, 3.63) is 47.9 Å². The van der Waals surface area contributed by atoms with Crippen LogP contribution in [0.5, 0.6) is 5.75 Å². The molecule has 0 aromatic heterocycles. The molecule has 0 saturated heterocycles. The van der Waals surface area contributed by atoms with Crippen LogP contribution in [-0.4, -0.2) is 19.6 Å². The Bertz CT molecular complexity index is 521. The molecule has 0 bridgehead atoms. The number of rotatable bonds is 3.